The number of aryl methyl sites for hydroxylation is 2. The van der Waals surface area contributed by atoms with Gasteiger partial charge < -0.3 is 9.64 Å². The zero-order valence-electron chi connectivity index (χ0n) is 13.6. The molecule has 3 rings (SSSR count). The highest BCUT2D eigenvalue weighted by Crippen LogP contribution is 2.39. The zero-order valence-corrected chi connectivity index (χ0v) is 14.5. The van der Waals surface area contributed by atoms with Crippen molar-refractivity contribution < 1.29 is 9.53 Å². The van der Waals surface area contributed by atoms with Crippen molar-refractivity contribution in [2.45, 2.75) is 38.1 Å². The summed E-state index contributed by atoms with van der Waals surface area (Å²) in [7, 11) is 3.67. The minimum Gasteiger partial charge on any atom is -0.469 e. The van der Waals surface area contributed by atoms with Crippen molar-refractivity contribution in [1.82, 2.24) is 9.80 Å². The highest BCUT2D eigenvalue weighted by molar-refractivity contribution is 7.12. The Hall–Kier alpha value is -0.910. The Kier molecular flexibility index (Phi) is 5.16. The molecule has 1 aliphatic heterocycles. The summed E-state index contributed by atoms with van der Waals surface area (Å²) < 4.78 is 4.75. The number of nitrogens with zero attached hydrogens (tertiary/aromatic N) is 2. The van der Waals surface area contributed by atoms with E-state index in [0.717, 1.165) is 6.42 Å². The summed E-state index contributed by atoms with van der Waals surface area (Å²) in [5.41, 5.74) is 1.54. The van der Waals surface area contributed by atoms with Crippen molar-refractivity contribution in [1.29, 1.82) is 0 Å². The molecule has 0 amide bonds. The fraction of sp³-hybridized carbons (Fsp3) is 0.706. The van der Waals surface area contributed by atoms with Gasteiger partial charge in [-0.25, -0.2) is 0 Å². The quantitative estimate of drug-likeness (QED) is 0.797. The van der Waals surface area contributed by atoms with Gasteiger partial charge in [0.2, 0.25) is 0 Å². The number of esters is 1. The molecule has 0 radical (unpaired) electrons. The van der Waals surface area contributed by atoms with E-state index in [2.05, 4.69) is 22.9 Å². The van der Waals surface area contributed by atoms with Gasteiger partial charge >= 0.3 is 5.97 Å². The molecule has 1 aromatic heterocycles. The summed E-state index contributed by atoms with van der Waals surface area (Å²) >= 11 is 1.91. The summed E-state index contributed by atoms with van der Waals surface area (Å²) in [5, 5.41) is 0. The monoisotopic (exact) mass is 322 g/mol. The molecule has 1 atom stereocenters. The number of methoxy groups -OCH3 is 1. The first-order valence-electron chi connectivity index (χ1n) is 8.28. The van der Waals surface area contributed by atoms with Crippen LogP contribution < -0.4 is 0 Å². The van der Waals surface area contributed by atoms with Gasteiger partial charge in [-0.3, -0.25) is 9.69 Å². The third-order valence-corrected chi connectivity index (χ3v) is 6.19. The first-order chi connectivity index (χ1) is 10.7. The molecule has 1 saturated heterocycles. The lowest BCUT2D eigenvalue weighted by Gasteiger charge is -2.39. The number of carbonyl (C=O) groups excluding carboxylic acids is 1. The van der Waals surface area contributed by atoms with Crippen LogP contribution in [-0.2, 0) is 22.4 Å². The molecule has 4 nitrogen and oxygen atoms in total. The summed E-state index contributed by atoms with van der Waals surface area (Å²) in [6.07, 6.45) is 5.10. The van der Waals surface area contributed by atoms with Crippen molar-refractivity contribution in [2.24, 2.45) is 0 Å². The van der Waals surface area contributed by atoms with Crippen LogP contribution in [0, 0.1) is 0 Å². The molecule has 0 bridgehead atoms. The molecule has 0 N–H and O–H groups in total. The number of hydrogen-bond acceptors (Lipinski definition) is 5. The first kappa shape index (κ1) is 16.0. The molecule has 122 valence electrons. The molecule has 0 aromatic carbocycles. The average molecular weight is 322 g/mol. The Bertz CT molecular complexity index is 521. The Balaban J connectivity index is 1.69. The van der Waals surface area contributed by atoms with E-state index in [1.807, 2.05) is 11.3 Å². The minimum absolute atomic E-state index is 0.109. The number of hydrogen-bond donors (Lipinski definition) is 0. The lowest BCUT2D eigenvalue weighted by atomic mass is 9.92. The maximum atomic E-state index is 11.3. The Morgan fingerprint density at radius 2 is 2.14 bits per heavy atom. The second kappa shape index (κ2) is 7.11. The number of carbonyl (C=O) groups is 1. The molecule has 2 aliphatic rings. The standard InChI is InChI=1S/C17H26N2O2S/c1-18-8-10-19(11-9-18)15-4-3-5-16-14(15)12-13(22-16)6-7-17(20)21-2/h12,15H,3-11H2,1-2H3. The molecule has 1 aromatic rings. The van der Waals surface area contributed by atoms with Gasteiger partial charge in [0.15, 0.2) is 0 Å². The number of ether oxygens (including phenoxy) is 1. The lowest BCUT2D eigenvalue weighted by molar-refractivity contribution is -0.140. The summed E-state index contributed by atoms with van der Waals surface area (Å²) in [6, 6.07) is 2.96. The van der Waals surface area contributed by atoms with E-state index in [-0.39, 0.29) is 5.97 Å². The van der Waals surface area contributed by atoms with E-state index in [1.165, 1.54) is 57.4 Å². The van der Waals surface area contributed by atoms with Crippen molar-refractivity contribution in [2.75, 3.05) is 40.3 Å². The van der Waals surface area contributed by atoms with E-state index < -0.39 is 0 Å². The molecule has 1 fully saturated rings. The lowest BCUT2D eigenvalue weighted by Crippen LogP contribution is -2.46. The zero-order chi connectivity index (χ0) is 15.5. The smallest absolute Gasteiger partial charge is 0.305 e. The fourth-order valence-electron chi connectivity index (χ4n) is 3.55. The molecule has 0 spiro atoms. The van der Waals surface area contributed by atoms with Crippen molar-refractivity contribution in [3.05, 3.63) is 21.4 Å². The fourth-order valence-corrected chi connectivity index (χ4v) is 4.82. The van der Waals surface area contributed by atoms with Crippen molar-refractivity contribution in [3.63, 3.8) is 0 Å². The van der Waals surface area contributed by atoms with Crippen LogP contribution in [0.15, 0.2) is 6.07 Å². The maximum absolute atomic E-state index is 11.3. The number of thiophene rings is 1. The number of likely N-dealkylation sites (N-methyl/N-ethyl adjacent to an activating group) is 1. The first-order valence-corrected chi connectivity index (χ1v) is 9.10. The van der Waals surface area contributed by atoms with Gasteiger partial charge in [0, 0.05) is 42.0 Å². The topological polar surface area (TPSA) is 32.8 Å². The summed E-state index contributed by atoms with van der Waals surface area (Å²) in [6.45, 7) is 4.69. The van der Waals surface area contributed by atoms with Crippen LogP contribution in [0.5, 0.6) is 0 Å². The molecule has 1 unspecified atom stereocenters. The summed E-state index contributed by atoms with van der Waals surface area (Å²) in [5.74, 6) is -0.109. The molecule has 22 heavy (non-hydrogen) atoms. The van der Waals surface area contributed by atoms with E-state index in [1.54, 1.807) is 10.4 Å². The summed E-state index contributed by atoms with van der Waals surface area (Å²) in [4.78, 5) is 19.3. The molecular formula is C17H26N2O2S. The second-order valence-corrected chi connectivity index (χ2v) is 7.64. The number of fused-ring (bicyclic) bond motifs is 1. The van der Waals surface area contributed by atoms with Crippen LogP contribution in [0.4, 0.5) is 0 Å². The molecule has 0 saturated carbocycles. The van der Waals surface area contributed by atoms with Gasteiger partial charge in [-0.2, -0.15) is 0 Å². The normalized spacial score (nSPS) is 23.3. The van der Waals surface area contributed by atoms with Gasteiger partial charge in [0.25, 0.3) is 0 Å². The maximum Gasteiger partial charge on any atom is 0.305 e. The molecular weight excluding hydrogens is 296 g/mol. The Morgan fingerprint density at radius 1 is 1.36 bits per heavy atom. The third kappa shape index (κ3) is 3.53. The van der Waals surface area contributed by atoms with Gasteiger partial charge in [0.1, 0.15) is 0 Å². The highest BCUT2D eigenvalue weighted by Gasteiger charge is 2.29. The van der Waals surface area contributed by atoms with E-state index >= 15 is 0 Å². The van der Waals surface area contributed by atoms with E-state index in [0.29, 0.717) is 12.5 Å². The highest BCUT2D eigenvalue weighted by atomic mass is 32.1. The largest absolute Gasteiger partial charge is 0.469 e. The molecule has 5 heteroatoms. The van der Waals surface area contributed by atoms with Crippen LogP contribution in [0.2, 0.25) is 0 Å². The molecule has 1 aliphatic carbocycles. The predicted molar refractivity (Wildman–Crippen MR) is 89.4 cm³/mol. The minimum atomic E-state index is -0.109. The van der Waals surface area contributed by atoms with E-state index in [4.69, 9.17) is 4.74 Å². The average Bonchev–Trinajstić information content (AvgIpc) is 2.96. The third-order valence-electron chi connectivity index (χ3n) is 4.91. The van der Waals surface area contributed by atoms with Crippen molar-refractivity contribution in [3.8, 4) is 0 Å². The van der Waals surface area contributed by atoms with Crippen molar-refractivity contribution >= 4 is 17.3 Å². The Morgan fingerprint density at radius 3 is 2.86 bits per heavy atom. The second-order valence-electron chi connectivity index (χ2n) is 6.41. The number of piperazine rings is 1. The Labute approximate surface area is 137 Å². The van der Waals surface area contributed by atoms with Crippen LogP contribution in [0.3, 0.4) is 0 Å². The van der Waals surface area contributed by atoms with Crippen LogP contribution >= 0.6 is 11.3 Å². The predicted octanol–water partition coefficient (Wildman–Crippen LogP) is 2.48. The van der Waals surface area contributed by atoms with Crippen LogP contribution in [0.1, 0.15) is 40.6 Å². The van der Waals surface area contributed by atoms with Crippen LogP contribution in [0.25, 0.3) is 0 Å². The molecule has 2 heterocycles. The van der Waals surface area contributed by atoms with Gasteiger partial charge in [-0.1, -0.05) is 0 Å². The van der Waals surface area contributed by atoms with Gasteiger partial charge in [0.05, 0.1) is 13.5 Å². The number of rotatable bonds is 4. The van der Waals surface area contributed by atoms with Crippen LogP contribution in [-0.4, -0.2) is 56.1 Å². The van der Waals surface area contributed by atoms with Gasteiger partial charge in [-0.15, -0.1) is 11.3 Å². The SMILES string of the molecule is COC(=O)CCc1cc2c(s1)CCCC2N1CCN(C)CC1. The van der Waals surface area contributed by atoms with Gasteiger partial charge in [-0.05, 0) is 44.4 Å². The van der Waals surface area contributed by atoms with E-state index in [9.17, 15) is 4.79 Å².